The summed E-state index contributed by atoms with van der Waals surface area (Å²) in [6.07, 6.45) is 0.896. The summed E-state index contributed by atoms with van der Waals surface area (Å²) in [5.74, 6) is 0. The quantitative estimate of drug-likeness (QED) is 0.772. The minimum atomic E-state index is 0.697. The van der Waals surface area contributed by atoms with Crippen LogP contribution in [0.5, 0.6) is 0 Å². The van der Waals surface area contributed by atoms with Gasteiger partial charge in [-0.05, 0) is 13.8 Å². The number of hydrogen-bond acceptors (Lipinski definition) is 4. The number of nitrogens with zero attached hydrogens (tertiary/aromatic N) is 2. The fourth-order valence-corrected chi connectivity index (χ4v) is 2.86. The van der Waals surface area contributed by atoms with Crippen LogP contribution in [0, 0.1) is 0 Å². The third-order valence-electron chi connectivity index (χ3n) is 2.83. The Hall–Kier alpha value is -1.68. The SMILES string of the molecule is CCN(CC)c1nc(-c2ccccc2)c(C=O)s1. The summed E-state index contributed by atoms with van der Waals surface area (Å²) in [6.45, 7) is 5.98. The van der Waals surface area contributed by atoms with Gasteiger partial charge in [-0.15, -0.1) is 0 Å². The van der Waals surface area contributed by atoms with Crippen LogP contribution in [0.15, 0.2) is 30.3 Å². The molecule has 0 saturated heterocycles. The van der Waals surface area contributed by atoms with E-state index in [1.165, 1.54) is 11.3 Å². The fourth-order valence-electron chi connectivity index (χ4n) is 1.83. The summed E-state index contributed by atoms with van der Waals surface area (Å²) in [4.78, 5) is 18.6. The number of aromatic nitrogens is 1. The Bertz CT molecular complexity index is 518. The molecule has 0 atom stereocenters. The molecule has 1 heterocycles. The van der Waals surface area contributed by atoms with E-state index in [1.807, 2.05) is 30.3 Å². The summed E-state index contributed by atoms with van der Waals surface area (Å²) >= 11 is 1.46. The molecule has 0 aliphatic carbocycles. The van der Waals surface area contributed by atoms with Crippen molar-refractivity contribution in [1.82, 2.24) is 4.98 Å². The molecule has 0 amide bonds. The largest absolute Gasteiger partial charge is 0.349 e. The van der Waals surface area contributed by atoms with Crippen molar-refractivity contribution >= 4 is 22.8 Å². The number of benzene rings is 1. The maximum Gasteiger partial charge on any atom is 0.186 e. The zero-order chi connectivity index (χ0) is 13.0. The summed E-state index contributed by atoms with van der Waals surface area (Å²) in [6, 6.07) is 9.84. The number of hydrogen-bond donors (Lipinski definition) is 0. The predicted octanol–water partition coefficient (Wildman–Crippen LogP) is 3.47. The van der Waals surface area contributed by atoms with E-state index in [2.05, 4.69) is 23.7 Å². The molecule has 0 fully saturated rings. The summed E-state index contributed by atoms with van der Waals surface area (Å²) in [7, 11) is 0. The van der Waals surface area contributed by atoms with Crippen LogP contribution in [0.1, 0.15) is 23.5 Å². The zero-order valence-corrected chi connectivity index (χ0v) is 11.4. The third-order valence-corrected chi connectivity index (χ3v) is 3.87. The normalized spacial score (nSPS) is 10.3. The molecule has 2 rings (SSSR count). The van der Waals surface area contributed by atoms with Crippen molar-refractivity contribution in [3.05, 3.63) is 35.2 Å². The lowest BCUT2D eigenvalue weighted by Gasteiger charge is -2.16. The molecule has 2 aromatic rings. The van der Waals surface area contributed by atoms with Gasteiger partial charge in [0, 0.05) is 18.7 Å². The first-order chi connectivity index (χ1) is 8.80. The molecule has 0 N–H and O–H groups in total. The lowest BCUT2D eigenvalue weighted by molar-refractivity contribution is 0.112. The predicted molar refractivity (Wildman–Crippen MR) is 76.5 cm³/mol. The molecule has 0 bridgehead atoms. The smallest absolute Gasteiger partial charge is 0.186 e. The van der Waals surface area contributed by atoms with Gasteiger partial charge in [0.2, 0.25) is 0 Å². The number of aldehydes is 1. The Morgan fingerprint density at radius 1 is 1.22 bits per heavy atom. The second-order valence-electron chi connectivity index (χ2n) is 3.87. The van der Waals surface area contributed by atoms with E-state index in [4.69, 9.17) is 0 Å². The highest BCUT2D eigenvalue weighted by Gasteiger charge is 2.15. The number of carbonyl (C=O) groups is 1. The van der Waals surface area contributed by atoms with Crippen LogP contribution in [0.2, 0.25) is 0 Å². The van der Waals surface area contributed by atoms with Gasteiger partial charge in [-0.3, -0.25) is 4.79 Å². The van der Waals surface area contributed by atoms with E-state index in [0.29, 0.717) is 4.88 Å². The monoisotopic (exact) mass is 260 g/mol. The number of rotatable bonds is 5. The molecule has 3 nitrogen and oxygen atoms in total. The highest BCUT2D eigenvalue weighted by Crippen LogP contribution is 2.31. The van der Waals surface area contributed by atoms with E-state index in [0.717, 1.165) is 35.8 Å². The topological polar surface area (TPSA) is 33.2 Å². The van der Waals surface area contributed by atoms with Crippen LogP contribution in [-0.2, 0) is 0 Å². The van der Waals surface area contributed by atoms with Crippen molar-refractivity contribution < 1.29 is 4.79 Å². The lowest BCUT2D eigenvalue weighted by atomic mass is 10.1. The van der Waals surface area contributed by atoms with E-state index < -0.39 is 0 Å². The molecule has 0 unspecified atom stereocenters. The summed E-state index contributed by atoms with van der Waals surface area (Å²) < 4.78 is 0. The van der Waals surface area contributed by atoms with Crippen molar-refractivity contribution in [2.24, 2.45) is 0 Å². The lowest BCUT2D eigenvalue weighted by Crippen LogP contribution is -2.21. The van der Waals surface area contributed by atoms with Crippen LogP contribution in [0.3, 0.4) is 0 Å². The van der Waals surface area contributed by atoms with Crippen molar-refractivity contribution in [3.63, 3.8) is 0 Å². The van der Waals surface area contributed by atoms with Gasteiger partial charge in [-0.25, -0.2) is 4.98 Å². The van der Waals surface area contributed by atoms with E-state index in [9.17, 15) is 4.79 Å². The minimum absolute atomic E-state index is 0.697. The van der Waals surface area contributed by atoms with E-state index in [-0.39, 0.29) is 0 Å². The van der Waals surface area contributed by atoms with Gasteiger partial charge in [0.15, 0.2) is 11.4 Å². The van der Waals surface area contributed by atoms with Crippen LogP contribution >= 0.6 is 11.3 Å². The van der Waals surface area contributed by atoms with Crippen molar-refractivity contribution in [3.8, 4) is 11.3 Å². The molecular weight excluding hydrogens is 244 g/mol. The molecule has 1 aromatic heterocycles. The molecule has 0 aliphatic rings. The molecule has 0 saturated carbocycles. The number of anilines is 1. The van der Waals surface area contributed by atoms with Gasteiger partial charge < -0.3 is 4.90 Å². The van der Waals surface area contributed by atoms with Crippen molar-refractivity contribution in [1.29, 1.82) is 0 Å². The fraction of sp³-hybridized carbons (Fsp3) is 0.286. The molecule has 0 radical (unpaired) electrons. The van der Waals surface area contributed by atoms with Gasteiger partial charge in [0.25, 0.3) is 0 Å². The van der Waals surface area contributed by atoms with Crippen LogP contribution in [-0.4, -0.2) is 24.4 Å². The van der Waals surface area contributed by atoms with Gasteiger partial charge >= 0.3 is 0 Å². The standard InChI is InChI=1S/C14H16N2OS/c1-3-16(4-2)14-15-13(12(10-17)18-14)11-8-6-5-7-9-11/h5-10H,3-4H2,1-2H3. The highest BCUT2D eigenvalue weighted by atomic mass is 32.1. The maximum atomic E-state index is 11.2. The average Bonchev–Trinajstić information content (AvgIpc) is 2.85. The molecular formula is C14H16N2OS. The van der Waals surface area contributed by atoms with Crippen molar-refractivity contribution in [2.45, 2.75) is 13.8 Å². The Labute approximate surface area is 111 Å². The minimum Gasteiger partial charge on any atom is -0.349 e. The second kappa shape index (κ2) is 5.78. The van der Waals surface area contributed by atoms with Crippen LogP contribution in [0.25, 0.3) is 11.3 Å². The molecule has 4 heteroatoms. The maximum absolute atomic E-state index is 11.2. The molecule has 0 spiro atoms. The first-order valence-electron chi connectivity index (χ1n) is 6.06. The number of carbonyl (C=O) groups excluding carboxylic acids is 1. The summed E-state index contributed by atoms with van der Waals surface area (Å²) in [5, 5.41) is 0.918. The van der Waals surface area contributed by atoms with E-state index >= 15 is 0 Å². The molecule has 0 aliphatic heterocycles. The molecule has 18 heavy (non-hydrogen) atoms. The average molecular weight is 260 g/mol. The van der Waals surface area contributed by atoms with Gasteiger partial charge in [-0.1, -0.05) is 41.7 Å². The van der Waals surface area contributed by atoms with Crippen LogP contribution < -0.4 is 4.90 Å². The summed E-state index contributed by atoms with van der Waals surface area (Å²) in [5.41, 5.74) is 1.78. The first-order valence-corrected chi connectivity index (χ1v) is 6.88. The highest BCUT2D eigenvalue weighted by molar-refractivity contribution is 7.17. The Balaban J connectivity index is 2.45. The van der Waals surface area contributed by atoms with Crippen LogP contribution in [0.4, 0.5) is 5.13 Å². The second-order valence-corrected chi connectivity index (χ2v) is 4.87. The zero-order valence-electron chi connectivity index (χ0n) is 10.6. The number of thiazole rings is 1. The molecule has 1 aromatic carbocycles. The van der Waals surface area contributed by atoms with Gasteiger partial charge in [0.05, 0.1) is 10.6 Å². The molecule has 94 valence electrons. The Morgan fingerprint density at radius 3 is 2.44 bits per heavy atom. The Morgan fingerprint density at radius 2 is 1.89 bits per heavy atom. The first kappa shape index (κ1) is 12.8. The Kier molecular flexibility index (Phi) is 4.10. The third kappa shape index (κ3) is 2.43. The van der Waals surface area contributed by atoms with E-state index in [1.54, 1.807) is 0 Å². The van der Waals surface area contributed by atoms with Gasteiger partial charge in [-0.2, -0.15) is 0 Å². The van der Waals surface area contributed by atoms with Crippen molar-refractivity contribution in [2.75, 3.05) is 18.0 Å². The van der Waals surface area contributed by atoms with Gasteiger partial charge in [0.1, 0.15) is 0 Å².